The maximum absolute atomic E-state index is 12.2. The smallest absolute Gasteiger partial charge is 0.405 e. The lowest BCUT2D eigenvalue weighted by Gasteiger charge is -2.30. The molecular weight excluding hydrogens is 346 g/mol. The molecular formula is C21H29NO5. The number of methoxy groups -OCH3 is 1. The predicted molar refractivity (Wildman–Crippen MR) is 103 cm³/mol. The number of carbonyl (C=O) groups is 2. The van der Waals surface area contributed by atoms with Gasteiger partial charge in [0.15, 0.2) is 5.78 Å². The van der Waals surface area contributed by atoms with Crippen LogP contribution in [0.15, 0.2) is 36.4 Å². The Hall–Kier alpha value is -2.34. The molecule has 0 aromatic heterocycles. The lowest BCUT2D eigenvalue weighted by Crippen LogP contribution is -2.42. The maximum Gasteiger partial charge on any atom is 0.405 e. The Balaban J connectivity index is 1.78. The van der Waals surface area contributed by atoms with E-state index in [2.05, 4.69) is 11.9 Å². The topological polar surface area (TPSA) is 84.9 Å². The second kappa shape index (κ2) is 10.1. The van der Waals surface area contributed by atoms with Crippen LogP contribution in [0, 0.1) is 5.92 Å². The number of carbonyl (C=O) groups excluding carboxylic acids is 1. The Morgan fingerprint density at radius 2 is 1.85 bits per heavy atom. The summed E-state index contributed by atoms with van der Waals surface area (Å²) in [7, 11) is 1.64. The number of hydrogen-bond acceptors (Lipinski definition) is 4. The van der Waals surface area contributed by atoms with E-state index in [4.69, 9.17) is 14.6 Å². The highest BCUT2D eigenvalue weighted by Crippen LogP contribution is 2.30. The molecule has 0 unspecified atom stereocenters. The lowest BCUT2D eigenvalue weighted by atomic mass is 9.82. The first-order valence-corrected chi connectivity index (χ1v) is 9.32. The van der Waals surface area contributed by atoms with Crippen molar-refractivity contribution in [3.63, 3.8) is 0 Å². The molecule has 6 heteroatoms. The van der Waals surface area contributed by atoms with Crippen molar-refractivity contribution in [1.82, 2.24) is 5.32 Å². The highest BCUT2D eigenvalue weighted by atomic mass is 16.5. The first kappa shape index (κ1) is 21.0. The third-order valence-corrected chi connectivity index (χ3v) is 5.04. The molecule has 1 aliphatic rings. The zero-order valence-corrected chi connectivity index (χ0v) is 16.1. The van der Waals surface area contributed by atoms with E-state index in [1.54, 1.807) is 14.0 Å². The number of rotatable bonds is 9. The third kappa shape index (κ3) is 6.71. The summed E-state index contributed by atoms with van der Waals surface area (Å²) in [4.78, 5) is 23.1. The molecule has 1 aromatic carbocycles. The van der Waals surface area contributed by atoms with Gasteiger partial charge in [0.2, 0.25) is 0 Å². The van der Waals surface area contributed by atoms with Crippen molar-refractivity contribution < 1.29 is 24.2 Å². The molecule has 1 amide bonds. The molecule has 0 heterocycles. The molecule has 6 nitrogen and oxygen atoms in total. The van der Waals surface area contributed by atoms with Crippen molar-refractivity contribution >= 4 is 11.9 Å². The number of hydrogen-bond donors (Lipinski definition) is 2. The van der Waals surface area contributed by atoms with Gasteiger partial charge in [0.05, 0.1) is 25.9 Å². The molecule has 0 bridgehead atoms. The Bertz CT molecular complexity index is 647. The van der Waals surface area contributed by atoms with Gasteiger partial charge in [-0.15, -0.1) is 0 Å². The van der Waals surface area contributed by atoms with Gasteiger partial charge < -0.3 is 19.9 Å². The van der Waals surface area contributed by atoms with Gasteiger partial charge in [0.1, 0.15) is 5.75 Å². The minimum atomic E-state index is -1.17. The molecule has 1 aromatic rings. The van der Waals surface area contributed by atoms with E-state index in [1.165, 1.54) is 0 Å². The van der Waals surface area contributed by atoms with Crippen LogP contribution in [0.1, 0.15) is 44.6 Å². The lowest BCUT2D eigenvalue weighted by molar-refractivity contribution is -0.117. The van der Waals surface area contributed by atoms with Crippen molar-refractivity contribution in [3.05, 3.63) is 42.0 Å². The summed E-state index contributed by atoms with van der Waals surface area (Å²) in [5.74, 6) is 0.911. The van der Waals surface area contributed by atoms with Crippen molar-refractivity contribution in [2.75, 3.05) is 7.11 Å². The van der Waals surface area contributed by atoms with Crippen molar-refractivity contribution in [1.29, 1.82) is 0 Å². The average Bonchev–Trinajstić information content (AvgIpc) is 2.66. The fourth-order valence-corrected chi connectivity index (χ4v) is 3.48. The van der Waals surface area contributed by atoms with Crippen molar-refractivity contribution in [3.8, 4) is 5.75 Å². The molecule has 1 saturated carbocycles. The first-order valence-electron chi connectivity index (χ1n) is 9.32. The van der Waals surface area contributed by atoms with Gasteiger partial charge in [-0.3, -0.25) is 4.79 Å². The fourth-order valence-electron chi connectivity index (χ4n) is 3.48. The van der Waals surface area contributed by atoms with Gasteiger partial charge in [0.25, 0.3) is 0 Å². The molecule has 1 atom stereocenters. The number of amides is 1. The Morgan fingerprint density at radius 3 is 2.37 bits per heavy atom. The molecule has 148 valence electrons. The Kier molecular flexibility index (Phi) is 7.85. The second-order valence-electron chi connectivity index (χ2n) is 7.18. The molecule has 0 saturated heterocycles. The van der Waals surface area contributed by atoms with E-state index in [1.807, 2.05) is 24.3 Å². The summed E-state index contributed by atoms with van der Waals surface area (Å²) in [5, 5.41) is 11.3. The van der Waals surface area contributed by atoms with Gasteiger partial charge in [-0.05, 0) is 68.2 Å². The monoisotopic (exact) mass is 375 g/mol. The second-order valence-corrected chi connectivity index (χ2v) is 7.18. The highest BCUT2D eigenvalue weighted by Gasteiger charge is 2.28. The summed E-state index contributed by atoms with van der Waals surface area (Å²) < 4.78 is 11.2. The Morgan fingerprint density at radius 1 is 1.22 bits per heavy atom. The molecule has 2 rings (SSSR count). The van der Waals surface area contributed by atoms with Crippen molar-refractivity contribution in [2.45, 2.75) is 57.8 Å². The van der Waals surface area contributed by atoms with Gasteiger partial charge in [-0.2, -0.15) is 0 Å². The van der Waals surface area contributed by atoms with E-state index in [9.17, 15) is 9.59 Å². The number of ether oxygens (including phenoxy) is 2. The summed E-state index contributed by atoms with van der Waals surface area (Å²) in [5.41, 5.74) is 1.49. The van der Waals surface area contributed by atoms with E-state index in [0.29, 0.717) is 24.5 Å². The average molecular weight is 375 g/mol. The van der Waals surface area contributed by atoms with Gasteiger partial charge >= 0.3 is 6.09 Å². The summed E-state index contributed by atoms with van der Waals surface area (Å²) >= 11 is 0. The van der Waals surface area contributed by atoms with Gasteiger partial charge in [-0.1, -0.05) is 18.7 Å². The van der Waals surface area contributed by atoms with Crippen LogP contribution in [0.4, 0.5) is 4.79 Å². The largest absolute Gasteiger partial charge is 0.497 e. The molecule has 1 aliphatic carbocycles. The summed E-state index contributed by atoms with van der Waals surface area (Å²) in [6.07, 6.45) is 3.23. The molecule has 2 N–H and O–H groups in total. The van der Waals surface area contributed by atoms with Gasteiger partial charge in [-0.25, -0.2) is 4.79 Å². The fraction of sp³-hybridized carbons (Fsp3) is 0.524. The maximum atomic E-state index is 12.2. The standard InChI is InChI=1S/C21H29NO5/c1-14(2)20(23)19(22-21(24)25)12-15-4-10-18(11-5-15)27-13-16-6-8-17(26-3)9-7-16/h6-9,15,18-19,22H,1,4-5,10-13H2,2-3H3,(H,24,25)/t15-,18-,19-/m0/s1. The molecule has 0 spiro atoms. The van der Waals surface area contributed by atoms with Crippen LogP contribution < -0.4 is 10.1 Å². The summed E-state index contributed by atoms with van der Waals surface area (Å²) in [6.45, 7) is 5.82. The van der Waals surface area contributed by atoms with E-state index >= 15 is 0 Å². The zero-order chi connectivity index (χ0) is 19.8. The molecule has 0 aliphatic heterocycles. The summed E-state index contributed by atoms with van der Waals surface area (Å²) in [6, 6.07) is 7.13. The molecule has 1 fully saturated rings. The number of ketones is 1. The van der Waals surface area contributed by atoms with E-state index < -0.39 is 12.1 Å². The number of Topliss-reactive ketones (excluding diaryl/α,β-unsaturated/α-hetero) is 1. The third-order valence-electron chi connectivity index (χ3n) is 5.04. The highest BCUT2D eigenvalue weighted by molar-refractivity contribution is 5.99. The predicted octanol–water partition coefficient (Wildman–Crippen LogP) is 3.94. The minimum absolute atomic E-state index is 0.200. The van der Waals surface area contributed by atoms with Crippen LogP contribution in [-0.2, 0) is 16.1 Å². The van der Waals surface area contributed by atoms with Crippen LogP contribution in [0.2, 0.25) is 0 Å². The van der Waals surface area contributed by atoms with Crippen LogP contribution in [0.5, 0.6) is 5.75 Å². The van der Waals surface area contributed by atoms with Crippen molar-refractivity contribution in [2.24, 2.45) is 5.92 Å². The van der Waals surface area contributed by atoms with E-state index in [0.717, 1.165) is 37.0 Å². The van der Waals surface area contributed by atoms with Crippen LogP contribution in [-0.4, -0.2) is 36.2 Å². The number of carboxylic acid groups (broad SMARTS) is 1. The van der Waals surface area contributed by atoms with Gasteiger partial charge in [0, 0.05) is 0 Å². The molecule has 27 heavy (non-hydrogen) atoms. The molecule has 0 radical (unpaired) electrons. The zero-order valence-electron chi connectivity index (χ0n) is 16.1. The van der Waals surface area contributed by atoms with Crippen LogP contribution in [0.3, 0.4) is 0 Å². The number of benzene rings is 1. The van der Waals surface area contributed by atoms with Crippen LogP contribution >= 0.6 is 0 Å². The van der Waals surface area contributed by atoms with Crippen LogP contribution in [0.25, 0.3) is 0 Å². The number of nitrogens with one attached hydrogen (secondary N) is 1. The first-order chi connectivity index (χ1) is 12.9. The normalized spacial score (nSPS) is 20.5. The minimum Gasteiger partial charge on any atom is -0.497 e. The SMILES string of the molecule is C=C(C)C(=O)[C@H](C[C@H]1CC[C@H](OCc2ccc(OC)cc2)CC1)NC(=O)O. The Labute approximate surface area is 160 Å². The van der Waals surface area contributed by atoms with E-state index in [-0.39, 0.29) is 11.9 Å². The quantitative estimate of drug-likeness (QED) is 0.639.